The summed E-state index contributed by atoms with van der Waals surface area (Å²) < 4.78 is 8.30. The lowest BCUT2D eigenvalue weighted by molar-refractivity contribution is 0.102. The molecule has 0 aliphatic carbocycles. The summed E-state index contributed by atoms with van der Waals surface area (Å²) in [7, 11) is 0. The Morgan fingerprint density at radius 3 is 2.70 bits per heavy atom. The summed E-state index contributed by atoms with van der Waals surface area (Å²) in [6.07, 6.45) is 1.80. The number of ether oxygens (including phenoxy) is 1. The molecule has 0 atom stereocenters. The molecule has 3 aromatic carbocycles. The van der Waals surface area contributed by atoms with E-state index >= 15 is 0 Å². The van der Waals surface area contributed by atoms with Crippen molar-refractivity contribution in [3.63, 3.8) is 0 Å². The van der Waals surface area contributed by atoms with Gasteiger partial charge >= 0.3 is 0 Å². The molecule has 33 heavy (non-hydrogen) atoms. The van der Waals surface area contributed by atoms with Crippen LogP contribution in [-0.2, 0) is 13.2 Å². The Hall–Kier alpha value is -2.80. The van der Waals surface area contributed by atoms with E-state index in [-0.39, 0.29) is 5.91 Å². The summed E-state index contributed by atoms with van der Waals surface area (Å²) in [5, 5.41) is 8.66. The van der Waals surface area contributed by atoms with E-state index in [2.05, 4.69) is 26.3 Å². The summed E-state index contributed by atoms with van der Waals surface area (Å²) in [4.78, 5) is 12.8. The molecule has 1 aromatic heterocycles. The minimum atomic E-state index is -0.261. The standard InChI is InChI=1S/C25H20BrCl2N3O2/c1-16-11-20(27)9-10-23(16)33-15-17-5-4-7-18(12-17)25(32)29-24-21(26)14-31(30-24)13-19-6-2-3-8-22(19)28/h2-12,14H,13,15H2,1H3,(H,29,30,32). The van der Waals surface area contributed by atoms with Crippen LogP contribution >= 0.6 is 39.1 Å². The van der Waals surface area contributed by atoms with Gasteiger partial charge in [0, 0.05) is 21.8 Å². The number of rotatable bonds is 7. The molecule has 1 N–H and O–H groups in total. The highest BCUT2D eigenvalue weighted by atomic mass is 79.9. The highest BCUT2D eigenvalue weighted by molar-refractivity contribution is 9.10. The van der Waals surface area contributed by atoms with Crippen LogP contribution in [0.15, 0.2) is 77.4 Å². The third kappa shape index (κ3) is 5.96. The molecule has 1 amide bonds. The lowest BCUT2D eigenvalue weighted by atomic mass is 10.1. The zero-order valence-electron chi connectivity index (χ0n) is 17.7. The Balaban J connectivity index is 1.42. The van der Waals surface area contributed by atoms with Crippen molar-refractivity contribution >= 4 is 50.9 Å². The van der Waals surface area contributed by atoms with E-state index in [4.69, 9.17) is 27.9 Å². The van der Waals surface area contributed by atoms with E-state index in [0.717, 1.165) is 22.4 Å². The van der Waals surface area contributed by atoms with Gasteiger partial charge in [0.25, 0.3) is 5.91 Å². The van der Waals surface area contributed by atoms with Crippen molar-refractivity contribution < 1.29 is 9.53 Å². The van der Waals surface area contributed by atoms with Gasteiger partial charge in [-0.1, -0.05) is 53.5 Å². The van der Waals surface area contributed by atoms with Crippen molar-refractivity contribution in [2.24, 2.45) is 0 Å². The first-order valence-corrected chi connectivity index (χ1v) is 11.7. The van der Waals surface area contributed by atoms with Gasteiger partial charge in [0.15, 0.2) is 5.82 Å². The van der Waals surface area contributed by atoms with Gasteiger partial charge < -0.3 is 10.1 Å². The van der Waals surface area contributed by atoms with Gasteiger partial charge in [0.05, 0.1) is 11.0 Å². The largest absolute Gasteiger partial charge is 0.489 e. The SMILES string of the molecule is Cc1cc(Cl)ccc1OCc1cccc(C(=O)Nc2nn(Cc3ccccc3Cl)cc2Br)c1. The Morgan fingerprint density at radius 2 is 1.91 bits per heavy atom. The van der Waals surface area contributed by atoms with Gasteiger partial charge in [-0.05, 0) is 75.9 Å². The van der Waals surface area contributed by atoms with Gasteiger partial charge in [-0.2, -0.15) is 5.10 Å². The summed E-state index contributed by atoms with van der Waals surface area (Å²) in [6.45, 7) is 2.76. The van der Waals surface area contributed by atoms with Crippen LogP contribution in [0.2, 0.25) is 10.0 Å². The molecular weight excluding hydrogens is 525 g/mol. The molecule has 0 fully saturated rings. The van der Waals surface area contributed by atoms with Crippen molar-refractivity contribution in [2.75, 3.05) is 5.32 Å². The summed E-state index contributed by atoms with van der Waals surface area (Å²) >= 11 is 15.7. The quantitative estimate of drug-likeness (QED) is 0.269. The first-order valence-electron chi connectivity index (χ1n) is 10.1. The van der Waals surface area contributed by atoms with Crippen LogP contribution in [0.1, 0.15) is 27.0 Å². The minimum absolute atomic E-state index is 0.261. The second-order valence-electron chi connectivity index (χ2n) is 7.47. The molecule has 0 saturated heterocycles. The number of amides is 1. The molecule has 1 heterocycles. The molecule has 0 saturated carbocycles. The van der Waals surface area contributed by atoms with Crippen LogP contribution in [-0.4, -0.2) is 15.7 Å². The van der Waals surface area contributed by atoms with Gasteiger partial charge in [0.2, 0.25) is 0 Å². The maximum atomic E-state index is 12.8. The number of hydrogen-bond donors (Lipinski definition) is 1. The van der Waals surface area contributed by atoms with Gasteiger partial charge in [-0.25, -0.2) is 0 Å². The predicted molar refractivity (Wildman–Crippen MR) is 135 cm³/mol. The first kappa shape index (κ1) is 23.4. The number of anilines is 1. The molecule has 0 bridgehead atoms. The number of carbonyl (C=O) groups is 1. The van der Waals surface area contributed by atoms with E-state index in [9.17, 15) is 4.79 Å². The number of carbonyl (C=O) groups excluding carboxylic acids is 1. The average molecular weight is 545 g/mol. The number of nitrogens with one attached hydrogen (secondary N) is 1. The van der Waals surface area contributed by atoms with E-state index in [1.807, 2.05) is 55.5 Å². The number of hydrogen-bond acceptors (Lipinski definition) is 3. The normalized spacial score (nSPS) is 10.8. The van der Waals surface area contributed by atoms with Gasteiger partial charge in [-0.3, -0.25) is 9.48 Å². The van der Waals surface area contributed by atoms with E-state index < -0.39 is 0 Å². The molecule has 4 aromatic rings. The Bertz CT molecular complexity index is 1310. The Labute approximate surface area is 210 Å². The fraction of sp³-hybridized carbons (Fsp3) is 0.120. The van der Waals surface area contributed by atoms with Crippen LogP contribution in [0.4, 0.5) is 5.82 Å². The zero-order chi connectivity index (χ0) is 23.4. The van der Waals surface area contributed by atoms with Crippen LogP contribution in [0.25, 0.3) is 0 Å². The maximum Gasteiger partial charge on any atom is 0.256 e. The second kappa shape index (κ2) is 10.4. The van der Waals surface area contributed by atoms with Crippen LogP contribution in [0.5, 0.6) is 5.75 Å². The van der Waals surface area contributed by atoms with Crippen LogP contribution in [0.3, 0.4) is 0 Å². The highest BCUT2D eigenvalue weighted by Crippen LogP contribution is 2.24. The summed E-state index contributed by atoms with van der Waals surface area (Å²) in [6, 6.07) is 20.3. The molecule has 0 spiro atoms. The number of benzene rings is 3. The Morgan fingerprint density at radius 1 is 1.09 bits per heavy atom. The van der Waals surface area contributed by atoms with Crippen molar-refractivity contribution in [1.29, 1.82) is 0 Å². The first-order chi connectivity index (χ1) is 15.9. The molecule has 0 aliphatic rings. The fourth-order valence-corrected chi connectivity index (χ4v) is 4.12. The lowest BCUT2D eigenvalue weighted by Crippen LogP contribution is -2.13. The number of aromatic nitrogens is 2. The van der Waals surface area contributed by atoms with E-state index in [0.29, 0.717) is 39.1 Å². The second-order valence-corrected chi connectivity index (χ2v) is 9.17. The van der Waals surface area contributed by atoms with Crippen molar-refractivity contribution in [1.82, 2.24) is 9.78 Å². The number of aryl methyl sites for hydroxylation is 1. The molecule has 8 heteroatoms. The Kier molecular flexibility index (Phi) is 7.38. The molecule has 0 aliphatic heterocycles. The predicted octanol–water partition coefficient (Wildman–Crippen LogP) is 7.14. The molecule has 0 unspecified atom stereocenters. The topological polar surface area (TPSA) is 56.1 Å². The van der Waals surface area contributed by atoms with Gasteiger partial charge in [0.1, 0.15) is 12.4 Å². The minimum Gasteiger partial charge on any atom is -0.489 e. The van der Waals surface area contributed by atoms with Crippen molar-refractivity contribution in [3.05, 3.63) is 110 Å². The average Bonchev–Trinajstić information content (AvgIpc) is 3.13. The van der Waals surface area contributed by atoms with Crippen molar-refractivity contribution in [2.45, 2.75) is 20.1 Å². The zero-order valence-corrected chi connectivity index (χ0v) is 20.8. The van der Waals surface area contributed by atoms with Crippen molar-refractivity contribution in [3.8, 4) is 5.75 Å². The summed E-state index contributed by atoms with van der Waals surface area (Å²) in [5.41, 5.74) is 3.28. The third-order valence-corrected chi connectivity index (χ3v) is 6.14. The third-order valence-electron chi connectivity index (χ3n) is 4.96. The highest BCUT2D eigenvalue weighted by Gasteiger charge is 2.13. The van der Waals surface area contributed by atoms with E-state index in [1.165, 1.54) is 0 Å². The van der Waals surface area contributed by atoms with Crippen LogP contribution in [0, 0.1) is 6.92 Å². The number of nitrogens with zero attached hydrogens (tertiary/aromatic N) is 2. The molecule has 5 nitrogen and oxygen atoms in total. The summed E-state index contributed by atoms with van der Waals surface area (Å²) in [5.74, 6) is 0.927. The molecule has 168 valence electrons. The van der Waals surface area contributed by atoms with Gasteiger partial charge in [-0.15, -0.1) is 0 Å². The smallest absolute Gasteiger partial charge is 0.256 e. The molecule has 0 radical (unpaired) electrons. The molecule has 4 rings (SSSR count). The van der Waals surface area contributed by atoms with Crippen LogP contribution < -0.4 is 10.1 Å². The fourth-order valence-electron chi connectivity index (χ4n) is 3.28. The monoisotopic (exact) mass is 543 g/mol. The molecular formula is C25H20BrCl2N3O2. The lowest BCUT2D eigenvalue weighted by Gasteiger charge is -2.10. The van der Waals surface area contributed by atoms with E-state index in [1.54, 1.807) is 29.1 Å². The maximum absolute atomic E-state index is 12.8. The number of halogens is 3.